The number of carbonyl (C=O) groups excluding carboxylic acids is 1. The molecule has 1 aliphatic heterocycles. The van der Waals surface area contributed by atoms with Crippen molar-refractivity contribution in [2.45, 2.75) is 0 Å². The van der Waals surface area contributed by atoms with E-state index in [0.29, 0.717) is 6.67 Å². The van der Waals surface area contributed by atoms with E-state index < -0.39 is 0 Å². The highest BCUT2D eigenvalue weighted by atomic mass is 16.5. The minimum atomic E-state index is -0.0357. The number of carbonyl (C=O) groups is 1. The van der Waals surface area contributed by atoms with Crippen LogP contribution in [-0.4, -0.2) is 55.7 Å². The van der Waals surface area contributed by atoms with E-state index in [1.165, 1.54) is 6.08 Å². The summed E-state index contributed by atoms with van der Waals surface area (Å²) in [6, 6.07) is 0. The molecule has 1 heterocycles. The van der Waals surface area contributed by atoms with Crippen LogP contribution in [0.2, 0.25) is 0 Å². The third kappa shape index (κ3) is 3.16. The molecule has 4 heteroatoms. The second kappa shape index (κ2) is 4.99. The van der Waals surface area contributed by atoms with E-state index in [4.69, 9.17) is 4.74 Å². The van der Waals surface area contributed by atoms with E-state index in [0.717, 1.165) is 26.3 Å². The van der Waals surface area contributed by atoms with Gasteiger partial charge in [0.2, 0.25) is 5.91 Å². The Balaban J connectivity index is 2.29. The van der Waals surface area contributed by atoms with Crippen molar-refractivity contribution in [1.82, 2.24) is 9.80 Å². The number of amides is 1. The highest BCUT2D eigenvalue weighted by molar-refractivity contribution is 5.86. The lowest BCUT2D eigenvalue weighted by molar-refractivity contribution is -0.127. The van der Waals surface area contributed by atoms with Gasteiger partial charge in [0.25, 0.3) is 0 Å². The van der Waals surface area contributed by atoms with E-state index >= 15 is 0 Å². The number of hydrogen-bond donors (Lipinski definition) is 0. The molecule has 0 spiro atoms. The average Bonchev–Trinajstić information content (AvgIpc) is 2.18. The zero-order valence-electron chi connectivity index (χ0n) is 8.03. The zero-order chi connectivity index (χ0) is 9.68. The van der Waals surface area contributed by atoms with Crippen molar-refractivity contribution < 1.29 is 9.53 Å². The van der Waals surface area contributed by atoms with Crippen LogP contribution in [0.1, 0.15) is 0 Å². The fraction of sp³-hybridized carbons (Fsp3) is 0.667. The molecule has 1 rings (SSSR count). The van der Waals surface area contributed by atoms with Crippen molar-refractivity contribution in [3.05, 3.63) is 12.7 Å². The molecule has 1 amide bonds. The Labute approximate surface area is 78.8 Å². The number of hydrogen-bond acceptors (Lipinski definition) is 3. The Hall–Kier alpha value is -0.870. The molecule has 0 N–H and O–H groups in total. The lowest BCUT2D eigenvalue weighted by Gasteiger charge is -2.30. The molecule has 0 atom stereocenters. The summed E-state index contributed by atoms with van der Waals surface area (Å²) in [5.41, 5.74) is 0. The quantitative estimate of drug-likeness (QED) is 0.575. The summed E-state index contributed by atoms with van der Waals surface area (Å²) in [4.78, 5) is 15.0. The predicted octanol–water partition coefficient (Wildman–Crippen LogP) is -0.0795. The maximum Gasteiger partial charge on any atom is 0.246 e. The number of ether oxygens (including phenoxy) is 1. The summed E-state index contributed by atoms with van der Waals surface area (Å²) in [6.07, 6.45) is 1.33. The molecule has 0 aromatic carbocycles. The van der Waals surface area contributed by atoms with Gasteiger partial charge in [-0.05, 0) is 6.08 Å². The SMILES string of the molecule is C=CC(=O)N(C)CN1CCOCC1. The third-order valence-corrected chi connectivity index (χ3v) is 2.07. The molecule has 74 valence electrons. The fourth-order valence-electron chi connectivity index (χ4n) is 1.27. The van der Waals surface area contributed by atoms with Gasteiger partial charge >= 0.3 is 0 Å². The molecule has 0 unspecified atom stereocenters. The summed E-state index contributed by atoms with van der Waals surface area (Å²) in [7, 11) is 1.78. The van der Waals surface area contributed by atoms with Crippen LogP contribution in [0.5, 0.6) is 0 Å². The summed E-state index contributed by atoms with van der Waals surface area (Å²) in [6.45, 7) is 7.42. The van der Waals surface area contributed by atoms with Crippen molar-refractivity contribution in [2.75, 3.05) is 40.0 Å². The predicted molar refractivity (Wildman–Crippen MR) is 50.2 cm³/mol. The Morgan fingerprint density at radius 2 is 2.23 bits per heavy atom. The van der Waals surface area contributed by atoms with Gasteiger partial charge in [-0.3, -0.25) is 9.69 Å². The molecule has 4 nitrogen and oxygen atoms in total. The molecule has 0 aliphatic carbocycles. The van der Waals surface area contributed by atoms with E-state index in [9.17, 15) is 4.79 Å². The zero-order valence-corrected chi connectivity index (χ0v) is 8.03. The first kappa shape index (κ1) is 10.2. The molecule has 1 fully saturated rings. The molecule has 13 heavy (non-hydrogen) atoms. The molecule has 0 radical (unpaired) electrons. The van der Waals surface area contributed by atoms with Gasteiger partial charge in [-0.15, -0.1) is 0 Å². The normalized spacial score (nSPS) is 18.2. The third-order valence-electron chi connectivity index (χ3n) is 2.07. The molecule has 0 bridgehead atoms. The molecule has 0 saturated carbocycles. The maximum atomic E-state index is 11.1. The van der Waals surface area contributed by atoms with Gasteiger partial charge in [-0.25, -0.2) is 0 Å². The van der Waals surface area contributed by atoms with E-state index in [2.05, 4.69) is 11.5 Å². The molecule has 1 saturated heterocycles. The maximum absolute atomic E-state index is 11.1. The number of likely N-dealkylation sites (N-methyl/N-ethyl adjacent to an activating group) is 1. The standard InChI is InChI=1S/C9H16N2O2/c1-3-9(12)10(2)8-11-4-6-13-7-5-11/h3H,1,4-8H2,2H3. The minimum Gasteiger partial charge on any atom is -0.379 e. The highest BCUT2D eigenvalue weighted by Crippen LogP contribution is 1.98. The van der Waals surface area contributed by atoms with Gasteiger partial charge in [-0.2, -0.15) is 0 Å². The van der Waals surface area contributed by atoms with Gasteiger partial charge in [-0.1, -0.05) is 6.58 Å². The molecule has 1 aliphatic rings. The van der Waals surface area contributed by atoms with Crippen LogP contribution < -0.4 is 0 Å². The lowest BCUT2D eigenvalue weighted by Crippen LogP contribution is -2.44. The van der Waals surface area contributed by atoms with Crippen LogP contribution in [0.15, 0.2) is 12.7 Å². The summed E-state index contributed by atoms with van der Waals surface area (Å²) in [5.74, 6) is -0.0357. The van der Waals surface area contributed by atoms with E-state index in [1.807, 2.05) is 0 Å². The van der Waals surface area contributed by atoms with Crippen molar-refractivity contribution in [3.8, 4) is 0 Å². The van der Waals surface area contributed by atoms with Crippen LogP contribution in [0.3, 0.4) is 0 Å². The highest BCUT2D eigenvalue weighted by Gasteiger charge is 2.13. The monoisotopic (exact) mass is 184 g/mol. The molecule has 0 aromatic rings. The Morgan fingerprint density at radius 1 is 1.62 bits per heavy atom. The Bertz CT molecular complexity index is 188. The van der Waals surface area contributed by atoms with Crippen LogP contribution >= 0.6 is 0 Å². The minimum absolute atomic E-state index is 0.0357. The average molecular weight is 184 g/mol. The van der Waals surface area contributed by atoms with Crippen molar-refractivity contribution >= 4 is 5.91 Å². The molecular formula is C9H16N2O2. The first-order chi connectivity index (χ1) is 6.24. The summed E-state index contributed by atoms with van der Waals surface area (Å²) in [5, 5.41) is 0. The lowest BCUT2D eigenvalue weighted by atomic mass is 10.4. The van der Waals surface area contributed by atoms with E-state index in [-0.39, 0.29) is 5.91 Å². The largest absolute Gasteiger partial charge is 0.379 e. The Kier molecular flexibility index (Phi) is 3.92. The first-order valence-corrected chi connectivity index (χ1v) is 4.41. The van der Waals surface area contributed by atoms with Crippen molar-refractivity contribution in [1.29, 1.82) is 0 Å². The van der Waals surface area contributed by atoms with Gasteiger partial charge in [0.05, 0.1) is 19.9 Å². The van der Waals surface area contributed by atoms with E-state index in [1.54, 1.807) is 11.9 Å². The topological polar surface area (TPSA) is 32.8 Å². The number of nitrogens with zero attached hydrogens (tertiary/aromatic N) is 2. The number of rotatable bonds is 3. The van der Waals surface area contributed by atoms with Crippen LogP contribution in [0, 0.1) is 0 Å². The van der Waals surface area contributed by atoms with Crippen LogP contribution in [0.4, 0.5) is 0 Å². The molecular weight excluding hydrogens is 168 g/mol. The summed E-state index contributed by atoms with van der Waals surface area (Å²) >= 11 is 0. The van der Waals surface area contributed by atoms with Gasteiger partial charge in [0.15, 0.2) is 0 Å². The second-order valence-electron chi connectivity index (χ2n) is 3.11. The Morgan fingerprint density at radius 3 is 2.77 bits per heavy atom. The van der Waals surface area contributed by atoms with Gasteiger partial charge < -0.3 is 9.64 Å². The fourth-order valence-corrected chi connectivity index (χ4v) is 1.27. The second-order valence-corrected chi connectivity index (χ2v) is 3.11. The smallest absolute Gasteiger partial charge is 0.246 e. The van der Waals surface area contributed by atoms with Crippen molar-refractivity contribution in [3.63, 3.8) is 0 Å². The van der Waals surface area contributed by atoms with Crippen LogP contribution in [0.25, 0.3) is 0 Å². The van der Waals surface area contributed by atoms with Gasteiger partial charge in [0.1, 0.15) is 0 Å². The van der Waals surface area contributed by atoms with Crippen LogP contribution in [-0.2, 0) is 9.53 Å². The summed E-state index contributed by atoms with van der Waals surface area (Å²) < 4.78 is 5.20. The van der Waals surface area contributed by atoms with Crippen molar-refractivity contribution in [2.24, 2.45) is 0 Å². The first-order valence-electron chi connectivity index (χ1n) is 4.41. The van der Waals surface area contributed by atoms with Gasteiger partial charge in [0, 0.05) is 20.1 Å². The number of morpholine rings is 1. The molecule has 0 aromatic heterocycles.